The Morgan fingerprint density at radius 1 is 1.25 bits per heavy atom. The smallest absolute Gasteiger partial charge is 0.232 e. The van der Waals surface area contributed by atoms with Crippen molar-refractivity contribution in [1.29, 1.82) is 0 Å². The highest BCUT2D eigenvalue weighted by Crippen LogP contribution is 2.36. The number of benzene rings is 1. The third-order valence-corrected chi connectivity index (χ3v) is 4.88. The van der Waals surface area contributed by atoms with Gasteiger partial charge in [0, 0.05) is 25.6 Å². The van der Waals surface area contributed by atoms with Crippen LogP contribution in [0.15, 0.2) is 18.2 Å². The molecule has 1 N–H and O–H groups in total. The Morgan fingerprint density at radius 2 is 2.00 bits per heavy atom. The Kier molecular flexibility index (Phi) is 6.30. The number of anilines is 1. The molecule has 0 aliphatic carbocycles. The highest BCUT2D eigenvalue weighted by molar-refractivity contribution is 7.92. The fourth-order valence-corrected chi connectivity index (χ4v) is 3.34. The molecule has 1 aromatic rings. The first-order valence-electron chi connectivity index (χ1n) is 8.06. The number of sulfonamides is 1. The van der Waals surface area contributed by atoms with Gasteiger partial charge in [0.1, 0.15) is 0 Å². The van der Waals surface area contributed by atoms with E-state index in [4.69, 9.17) is 9.47 Å². The van der Waals surface area contributed by atoms with Crippen LogP contribution >= 0.6 is 0 Å². The summed E-state index contributed by atoms with van der Waals surface area (Å²) < 4.78 is 35.8. The average Bonchev–Trinajstić information content (AvgIpc) is 2.98. The normalized spacial score (nSPS) is 12.9. The van der Waals surface area contributed by atoms with Crippen LogP contribution in [0.25, 0.3) is 0 Å². The Morgan fingerprint density at radius 3 is 2.71 bits per heavy atom. The topological polar surface area (TPSA) is 84.9 Å². The van der Waals surface area contributed by atoms with Gasteiger partial charge in [-0.2, -0.15) is 0 Å². The van der Waals surface area contributed by atoms with Gasteiger partial charge in [-0.15, -0.1) is 0 Å². The van der Waals surface area contributed by atoms with E-state index in [0.29, 0.717) is 23.7 Å². The lowest BCUT2D eigenvalue weighted by Crippen LogP contribution is -2.34. The number of hydrogen-bond acceptors (Lipinski definition) is 5. The van der Waals surface area contributed by atoms with Crippen LogP contribution < -0.4 is 19.1 Å². The summed E-state index contributed by atoms with van der Waals surface area (Å²) in [6, 6.07) is 4.93. The van der Waals surface area contributed by atoms with E-state index in [2.05, 4.69) is 12.2 Å². The molecule has 0 aromatic heterocycles. The van der Waals surface area contributed by atoms with Gasteiger partial charge in [0.15, 0.2) is 11.5 Å². The van der Waals surface area contributed by atoms with Gasteiger partial charge < -0.3 is 14.8 Å². The van der Waals surface area contributed by atoms with E-state index in [1.807, 2.05) is 0 Å². The molecule has 1 amide bonds. The summed E-state index contributed by atoms with van der Waals surface area (Å²) in [5, 5.41) is 2.81. The molecule has 1 heterocycles. The monoisotopic (exact) mass is 356 g/mol. The minimum atomic E-state index is -3.50. The molecule has 0 unspecified atom stereocenters. The number of rotatable bonds is 9. The van der Waals surface area contributed by atoms with Crippen LogP contribution in [0.2, 0.25) is 0 Å². The van der Waals surface area contributed by atoms with E-state index in [9.17, 15) is 13.2 Å². The Labute approximate surface area is 143 Å². The van der Waals surface area contributed by atoms with E-state index in [1.54, 1.807) is 18.2 Å². The zero-order chi connectivity index (χ0) is 17.6. The fraction of sp³-hybridized carbons (Fsp3) is 0.562. The Balaban J connectivity index is 1.98. The van der Waals surface area contributed by atoms with Gasteiger partial charge >= 0.3 is 0 Å². The molecule has 0 saturated carbocycles. The molecular formula is C16H24N2O5S. The number of amides is 1. The molecule has 7 nitrogen and oxygen atoms in total. The highest BCUT2D eigenvalue weighted by atomic mass is 32.2. The number of fused-ring (bicyclic) bond motifs is 1. The van der Waals surface area contributed by atoms with Crippen molar-refractivity contribution in [2.24, 2.45) is 0 Å². The molecule has 1 aliphatic heterocycles. The lowest BCUT2D eigenvalue weighted by molar-refractivity contribution is -0.120. The first-order valence-corrected chi connectivity index (χ1v) is 9.90. The van der Waals surface area contributed by atoms with Crippen LogP contribution in [0.3, 0.4) is 0 Å². The van der Waals surface area contributed by atoms with Gasteiger partial charge in [0.05, 0.1) is 11.9 Å². The number of carbonyl (C=O) groups excluding carboxylic acids is 1. The second-order valence-electron chi connectivity index (χ2n) is 5.68. The van der Waals surface area contributed by atoms with Crippen molar-refractivity contribution in [2.75, 3.05) is 30.4 Å². The van der Waals surface area contributed by atoms with Crippen molar-refractivity contribution in [3.63, 3.8) is 0 Å². The van der Waals surface area contributed by atoms with Gasteiger partial charge in [-0.1, -0.05) is 19.8 Å². The molecule has 134 valence electrons. The second kappa shape index (κ2) is 8.23. The van der Waals surface area contributed by atoms with Crippen LogP contribution in [-0.4, -0.2) is 40.5 Å². The first kappa shape index (κ1) is 18.4. The second-order valence-corrected chi connectivity index (χ2v) is 7.59. The zero-order valence-corrected chi connectivity index (χ0v) is 14.9. The molecule has 0 saturated heterocycles. The van der Waals surface area contributed by atoms with Gasteiger partial charge in [0.2, 0.25) is 22.7 Å². The van der Waals surface area contributed by atoms with Crippen molar-refractivity contribution in [2.45, 2.75) is 32.6 Å². The third kappa shape index (κ3) is 5.02. The van der Waals surface area contributed by atoms with Gasteiger partial charge in [-0.05, 0) is 18.6 Å². The SMILES string of the molecule is CCCCCNC(=O)CCN(c1ccc2c(c1)OCO2)S(C)(=O)=O. The number of nitrogens with one attached hydrogen (secondary N) is 1. The van der Waals surface area contributed by atoms with Crippen LogP contribution in [-0.2, 0) is 14.8 Å². The van der Waals surface area contributed by atoms with Crippen LogP contribution in [0, 0.1) is 0 Å². The summed E-state index contributed by atoms with van der Waals surface area (Å²) in [6.07, 6.45) is 4.30. The molecule has 1 aliphatic rings. The van der Waals surface area contributed by atoms with Crippen molar-refractivity contribution >= 4 is 21.6 Å². The van der Waals surface area contributed by atoms with Crippen molar-refractivity contribution in [3.05, 3.63) is 18.2 Å². The molecule has 8 heteroatoms. The molecular weight excluding hydrogens is 332 g/mol. The van der Waals surface area contributed by atoms with E-state index in [-0.39, 0.29) is 25.7 Å². The standard InChI is InChI=1S/C16H24N2O5S/c1-3-4-5-9-17-16(19)8-10-18(24(2,20)21)13-6-7-14-15(11-13)23-12-22-14/h6-7,11H,3-5,8-10,12H2,1-2H3,(H,17,19). The molecule has 0 atom stereocenters. The molecule has 2 rings (SSSR count). The van der Waals surface area contributed by atoms with Crippen LogP contribution in [0.1, 0.15) is 32.6 Å². The summed E-state index contributed by atoms with van der Waals surface area (Å²) in [5.74, 6) is 0.937. The van der Waals surface area contributed by atoms with E-state index < -0.39 is 10.0 Å². The van der Waals surface area contributed by atoms with Crippen LogP contribution in [0.4, 0.5) is 5.69 Å². The predicted molar refractivity (Wildman–Crippen MR) is 91.9 cm³/mol. The van der Waals surface area contributed by atoms with Crippen molar-refractivity contribution in [1.82, 2.24) is 5.32 Å². The molecule has 0 bridgehead atoms. The minimum absolute atomic E-state index is 0.0814. The summed E-state index contributed by atoms with van der Waals surface area (Å²) in [7, 11) is -3.50. The summed E-state index contributed by atoms with van der Waals surface area (Å²) in [4.78, 5) is 11.9. The number of carbonyl (C=O) groups is 1. The number of nitrogens with zero attached hydrogens (tertiary/aromatic N) is 1. The van der Waals surface area contributed by atoms with Crippen molar-refractivity contribution < 1.29 is 22.7 Å². The van der Waals surface area contributed by atoms with Crippen LogP contribution in [0.5, 0.6) is 11.5 Å². The van der Waals surface area contributed by atoms with Crippen molar-refractivity contribution in [3.8, 4) is 11.5 Å². The maximum atomic E-state index is 12.1. The zero-order valence-electron chi connectivity index (χ0n) is 14.1. The minimum Gasteiger partial charge on any atom is -0.454 e. The number of ether oxygens (including phenoxy) is 2. The molecule has 1 aromatic carbocycles. The first-order chi connectivity index (χ1) is 11.4. The van der Waals surface area contributed by atoms with E-state index >= 15 is 0 Å². The maximum absolute atomic E-state index is 12.1. The molecule has 0 fully saturated rings. The van der Waals surface area contributed by atoms with Gasteiger partial charge in [-0.3, -0.25) is 9.10 Å². The van der Waals surface area contributed by atoms with E-state index in [1.165, 1.54) is 4.31 Å². The number of hydrogen-bond donors (Lipinski definition) is 1. The van der Waals surface area contributed by atoms with Gasteiger partial charge in [0.25, 0.3) is 0 Å². The van der Waals surface area contributed by atoms with E-state index in [0.717, 1.165) is 25.5 Å². The quantitative estimate of drug-likeness (QED) is 0.683. The molecule has 0 radical (unpaired) electrons. The number of unbranched alkanes of at least 4 members (excludes halogenated alkanes) is 2. The molecule has 0 spiro atoms. The third-order valence-electron chi connectivity index (χ3n) is 3.69. The Bertz CT molecular complexity index is 675. The summed E-state index contributed by atoms with van der Waals surface area (Å²) in [6.45, 7) is 2.92. The largest absolute Gasteiger partial charge is 0.454 e. The average molecular weight is 356 g/mol. The van der Waals surface area contributed by atoms with Gasteiger partial charge in [-0.25, -0.2) is 8.42 Å². The summed E-state index contributed by atoms with van der Waals surface area (Å²) in [5.41, 5.74) is 0.459. The lowest BCUT2D eigenvalue weighted by Gasteiger charge is -2.22. The lowest BCUT2D eigenvalue weighted by atomic mass is 10.2. The predicted octanol–water partition coefficient (Wildman–Crippen LogP) is 1.88. The fourth-order valence-electron chi connectivity index (χ4n) is 2.42. The highest BCUT2D eigenvalue weighted by Gasteiger charge is 2.22. The summed E-state index contributed by atoms with van der Waals surface area (Å²) >= 11 is 0. The molecule has 24 heavy (non-hydrogen) atoms. The Hall–Kier alpha value is -1.96. The maximum Gasteiger partial charge on any atom is 0.232 e.